The Morgan fingerprint density at radius 2 is 1.58 bits per heavy atom. The Labute approximate surface area is 112 Å². The van der Waals surface area contributed by atoms with Gasteiger partial charge in [0.05, 0.1) is 16.1 Å². The lowest BCUT2D eigenvalue weighted by Crippen LogP contribution is -2.07. The van der Waals surface area contributed by atoms with E-state index in [0.717, 1.165) is 16.7 Å². The first kappa shape index (κ1) is 11.7. The average molecular weight is 275 g/mol. The van der Waals surface area contributed by atoms with E-state index in [4.69, 9.17) is 21.8 Å². The van der Waals surface area contributed by atoms with Crippen LogP contribution in [0.5, 0.6) is 0 Å². The molecule has 2 aromatic carbocycles. The van der Waals surface area contributed by atoms with E-state index >= 15 is 0 Å². The van der Waals surface area contributed by atoms with Crippen LogP contribution in [0, 0.1) is 0 Å². The summed E-state index contributed by atoms with van der Waals surface area (Å²) < 4.78 is 0. The molecular weight excluding hydrogens is 268 g/mol. The second kappa shape index (κ2) is 3.83. The highest BCUT2D eigenvalue weighted by atomic mass is 35.5. The molecule has 0 aromatic heterocycles. The smallest absolute Gasteiger partial charge is 0.337 e. The van der Waals surface area contributed by atoms with Crippen molar-refractivity contribution in [1.29, 1.82) is 0 Å². The number of rotatable bonds is 2. The van der Waals surface area contributed by atoms with Crippen molar-refractivity contribution in [1.82, 2.24) is 0 Å². The summed E-state index contributed by atoms with van der Waals surface area (Å²) in [4.78, 5) is 21.9. The molecule has 0 heterocycles. The molecule has 0 saturated carbocycles. The van der Waals surface area contributed by atoms with Gasteiger partial charge in [-0.1, -0.05) is 23.7 Å². The normalized spacial score (nSPS) is 11.2. The van der Waals surface area contributed by atoms with Crippen molar-refractivity contribution in [3.63, 3.8) is 0 Å². The second-order valence-electron chi connectivity index (χ2n) is 4.22. The number of hydrogen-bond donors (Lipinski definition) is 2. The monoisotopic (exact) mass is 274 g/mol. The van der Waals surface area contributed by atoms with Gasteiger partial charge in [-0.2, -0.15) is 0 Å². The molecule has 1 aliphatic carbocycles. The van der Waals surface area contributed by atoms with Crippen molar-refractivity contribution in [3.05, 3.63) is 46.5 Å². The van der Waals surface area contributed by atoms with Crippen LogP contribution < -0.4 is 0 Å². The second-order valence-corrected chi connectivity index (χ2v) is 4.60. The maximum Gasteiger partial charge on any atom is 0.337 e. The van der Waals surface area contributed by atoms with Crippen LogP contribution in [0.25, 0.3) is 22.3 Å². The number of aromatic carboxylic acids is 2. The highest BCUT2D eigenvalue weighted by Gasteiger charge is 2.28. The summed E-state index contributed by atoms with van der Waals surface area (Å²) in [6.45, 7) is 0. The largest absolute Gasteiger partial charge is 0.478 e. The van der Waals surface area contributed by atoms with Crippen molar-refractivity contribution >= 4 is 23.5 Å². The number of fused-ring (bicyclic) bond motifs is 4. The Hall–Kier alpha value is -2.33. The summed E-state index contributed by atoms with van der Waals surface area (Å²) in [5, 5.41) is 18.1. The molecule has 1 aliphatic rings. The van der Waals surface area contributed by atoms with Crippen molar-refractivity contribution in [3.8, 4) is 22.3 Å². The Morgan fingerprint density at radius 3 is 2.21 bits per heavy atom. The molecule has 3 rings (SSSR count). The molecule has 0 aliphatic heterocycles. The van der Waals surface area contributed by atoms with E-state index in [-0.39, 0.29) is 16.1 Å². The van der Waals surface area contributed by atoms with Gasteiger partial charge in [-0.3, -0.25) is 0 Å². The van der Waals surface area contributed by atoms with E-state index in [1.165, 1.54) is 12.1 Å². The molecule has 0 bridgehead atoms. The zero-order valence-corrected chi connectivity index (χ0v) is 10.2. The van der Waals surface area contributed by atoms with Crippen LogP contribution >= 0.6 is 11.6 Å². The fourth-order valence-electron chi connectivity index (χ4n) is 2.28. The number of carboxylic acids is 2. The molecule has 2 aromatic rings. The Morgan fingerprint density at radius 1 is 0.895 bits per heavy atom. The van der Waals surface area contributed by atoms with Gasteiger partial charge in [0.1, 0.15) is 0 Å². The molecular formula is C14H7ClO4. The first-order valence-electron chi connectivity index (χ1n) is 5.44. The number of benzene rings is 2. The Bertz CT molecular complexity index is 749. The van der Waals surface area contributed by atoms with Crippen LogP contribution in [0.3, 0.4) is 0 Å². The molecule has 0 saturated heterocycles. The molecule has 0 spiro atoms. The van der Waals surface area contributed by atoms with Crippen LogP contribution in [0.2, 0.25) is 5.02 Å². The third-order valence-electron chi connectivity index (χ3n) is 3.20. The van der Waals surface area contributed by atoms with Crippen molar-refractivity contribution in [2.45, 2.75) is 0 Å². The third kappa shape index (κ3) is 1.54. The standard InChI is InChI=1S/C14H7ClO4/c15-12-9(14(18)19)4-3-8-10-5-6(13(16)17)1-2-7(10)11(8)12/h1-5H,(H,16,17)(H,18,19). The van der Waals surface area contributed by atoms with Crippen LogP contribution in [-0.4, -0.2) is 22.2 Å². The first-order valence-corrected chi connectivity index (χ1v) is 5.82. The molecule has 0 amide bonds. The first-order chi connectivity index (χ1) is 9.00. The Balaban J connectivity index is 2.18. The predicted octanol–water partition coefficient (Wildman–Crippen LogP) is 3.38. The minimum Gasteiger partial charge on any atom is -0.478 e. The highest BCUT2D eigenvalue weighted by molar-refractivity contribution is 6.38. The molecule has 94 valence electrons. The minimum absolute atomic E-state index is 0.0494. The topological polar surface area (TPSA) is 74.6 Å². The lowest BCUT2D eigenvalue weighted by atomic mass is 9.79. The maximum atomic E-state index is 11.0. The molecule has 0 unspecified atom stereocenters. The summed E-state index contributed by atoms with van der Waals surface area (Å²) in [6, 6.07) is 7.78. The summed E-state index contributed by atoms with van der Waals surface area (Å²) in [6.07, 6.45) is 0. The molecule has 19 heavy (non-hydrogen) atoms. The summed E-state index contributed by atoms with van der Waals surface area (Å²) >= 11 is 6.08. The molecule has 2 N–H and O–H groups in total. The van der Waals surface area contributed by atoms with Gasteiger partial charge in [0, 0.05) is 5.56 Å². The molecule has 0 atom stereocenters. The van der Waals surface area contributed by atoms with E-state index in [1.807, 2.05) is 0 Å². The number of carbonyl (C=O) groups is 2. The van der Waals surface area contributed by atoms with Crippen LogP contribution in [-0.2, 0) is 0 Å². The zero-order valence-electron chi connectivity index (χ0n) is 9.48. The van der Waals surface area contributed by atoms with Crippen LogP contribution in [0.4, 0.5) is 0 Å². The van der Waals surface area contributed by atoms with Gasteiger partial charge in [0.25, 0.3) is 0 Å². The third-order valence-corrected chi connectivity index (χ3v) is 3.59. The van der Waals surface area contributed by atoms with Gasteiger partial charge in [-0.25, -0.2) is 9.59 Å². The lowest BCUT2D eigenvalue weighted by molar-refractivity contribution is 0.0686. The van der Waals surface area contributed by atoms with Gasteiger partial charge in [0.15, 0.2) is 0 Å². The highest BCUT2D eigenvalue weighted by Crippen LogP contribution is 2.51. The lowest BCUT2D eigenvalue weighted by Gasteiger charge is -2.26. The SMILES string of the molecule is O=C(O)c1ccc2c(c1)-c1ccc(C(=O)O)c(Cl)c1-2. The van der Waals surface area contributed by atoms with E-state index in [0.29, 0.717) is 5.56 Å². The van der Waals surface area contributed by atoms with Crippen molar-refractivity contribution < 1.29 is 19.8 Å². The molecule has 0 fully saturated rings. The number of hydrogen-bond acceptors (Lipinski definition) is 2. The predicted molar refractivity (Wildman–Crippen MR) is 69.8 cm³/mol. The number of carboxylic acid groups (broad SMARTS) is 2. The van der Waals surface area contributed by atoms with Gasteiger partial charge in [-0.05, 0) is 34.9 Å². The van der Waals surface area contributed by atoms with E-state index in [2.05, 4.69) is 0 Å². The van der Waals surface area contributed by atoms with Gasteiger partial charge >= 0.3 is 11.9 Å². The van der Waals surface area contributed by atoms with Crippen LogP contribution in [0.15, 0.2) is 30.3 Å². The van der Waals surface area contributed by atoms with E-state index in [9.17, 15) is 9.59 Å². The van der Waals surface area contributed by atoms with Crippen molar-refractivity contribution in [2.24, 2.45) is 0 Å². The fraction of sp³-hybridized carbons (Fsp3) is 0. The van der Waals surface area contributed by atoms with E-state index in [1.54, 1.807) is 18.2 Å². The molecule has 5 heteroatoms. The van der Waals surface area contributed by atoms with Gasteiger partial charge < -0.3 is 10.2 Å². The van der Waals surface area contributed by atoms with Gasteiger partial charge in [-0.15, -0.1) is 0 Å². The van der Waals surface area contributed by atoms with Gasteiger partial charge in [0.2, 0.25) is 0 Å². The summed E-state index contributed by atoms with van der Waals surface area (Å²) in [7, 11) is 0. The maximum absolute atomic E-state index is 11.0. The average Bonchev–Trinajstić information content (AvgIpc) is 2.34. The number of halogens is 1. The summed E-state index contributed by atoms with van der Waals surface area (Å²) in [5.41, 5.74) is 3.28. The van der Waals surface area contributed by atoms with Crippen LogP contribution in [0.1, 0.15) is 20.7 Å². The van der Waals surface area contributed by atoms with E-state index < -0.39 is 11.9 Å². The quantitative estimate of drug-likeness (QED) is 0.751. The van der Waals surface area contributed by atoms with Crippen molar-refractivity contribution in [2.75, 3.05) is 0 Å². The molecule has 0 radical (unpaired) electrons. The fourth-order valence-corrected chi connectivity index (χ4v) is 2.63. The summed E-state index contributed by atoms with van der Waals surface area (Å²) in [5.74, 6) is -2.08. The Kier molecular flexibility index (Phi) is 2.37. The molecule has 4 nitrogen and oxygen atoms in total. The zero-order chi connectivity index (χ0) is 13.7. The minimum atomic E-state index is -1.08.